The number of hydrogen-bond acceptors (Lipinski definition) is 5. The lowest BCUT2D eigenvalue weighted by Gasteiger charge is -2.12. The summed E-state index contributed by atoms with van der Waals surface area (Å²) in [4.78, 5) is 24.2. The summed E-state index contributed by atoms with van der Waals surface area (Å²) < 4.78 is 10.2. The van der Waals surface area contributed by atoms with E-state index < -0.39 is 18.5 Å². The van der Waals surface area contributed by atoms with Gasteiger partial charge in [-0.15, -0.1) is 0 Å². The van der Waals surface area contributed by atoms with Crippen LogP contribution in [0.2, 0.25) is 10.0 Å². The van der Waals surface area contributed by atoms with Crippen LogP contribution in [0.1, 0.15) is 40.5 Å². The SMILES string of the molecule is COc1cc(Cl)c(C)cc1NC(=O)COC(=O)c1n[nH]c(C2CC2)c1Cl. The smallest absolute Gasteiger partial charge is 0.360 e. The fraction of sp³-hybridized carbons (Fsp3) is 0.353. The molecule has 7 nitrogen and oxygen atoms in total. The lowest BCUT2D eigenvalue weighted by Crippen LogP contribution is -2.21. The molecule has 0 aliphatic heterocycles. The first-order valence-electron chi connectivity index (χ1n) is 7.95. The largest absolute Gasteiger partial charge is 0.495 e. The van der Waals surface area contributed by atoms with Crippen molar-refractivity contribution in [3.8, 4) is 5.75 Å². The zero-order chi connectivity index (χ0) is 18.8. The summed E-state index contributed by atoms with van der Waals surface area (Å²) in [6, 6.07) is 3.27. The number of H-pyrrole nitrogens is 1. The van der Waals surface area contributed by atoms with E-state index in [1.807, 2.05) is 0 Å². The molecule has 2 aromatic rings. The van der Waals surface area contributed by atoms with Crippen molar-refractivity contribution < 1.29 is 19.1 Å². The van der Waals surface area contributed by atoms with Gasteiger partial charge in [-0.2, -0.15) is 5.10 Å². The normalized spacial score (nSPS) is 13.4. The van der Waals surface area contributed by atoms with Crippen molar-refractivity contribution in [2.75, 3.05) is 19.0 Å². The van der Waals surface area contributed by atoms with Crippen LogP contribution in [0.3, 0.4) is 0 Å². The molecule has 0 unspecified atom stereocenters. The van der Waals surface area contributed by atoms with Gasteiger partial charge in [0.15, 0.2) is 12.3 Å². The topological polar surface area (TPSA) is 93.3 Å². The average molecular weight is 398 g/mol. The van der Waals surface area contributed by atoms with Crippen molar-refractivity contribution in [3.05, 3.63) is 39.1 Å². The van der Waals surface area contributed by atoms with E-state index in [1.54, 1.807) is 19.1 Å². The van der Waals surface area contributed by atoms with Gasteiger partial charge in [-0.3, -0.25) is 9.89 Å². The quantitative estimate of drug-likeness (QED) is 0.724. The summed E-state index contributed by atoms with van der Waals surface area (Å²) in [6.07, 6.45) is 2.03. The van der Waals surface area contributed by atoms with Crippen molar-refractivity contribution in [3.63, 3.8) is 0 Å². The minimum absolute atomic E-state index is 0.0127. The first-order valence-corrected chi connectivity index (χ1v) is 8.71. The van der Waals surface area contributed by atoms with Gasteiger partial charge < -0.3 is 14.8 Å². The number of aryl methyl sites for hydroxylation is 1. The maximum atomic E-state index is 12.1. The van der Waals surface area contributed by atoms with Crippen LogP contribution in [-0.2, 0) is 9.53 Å². The molecule has 138 valence electrons. The molecule has 0 saturated heterocycles. The van der Waals surface area contributed by atoms with Crippen molar-refractivity contribution in [2.24, 2.45) is 0 Å². The predicted octanol–water partition coefficient (Wildman–Crippen LogP) is 3.71. The number of aromatic nitrogens is 2. The Balaban J connectivity index is 1.60. The number of nitrogens with zero attached hydrogens (tertiary/aromatic N) is 1. The highest BCUT2D eigenvalue weighted by molar-refractivity contribution is 6.34. The molecule has 1 aromatic heterocycles. The Kier molecular flexibility index (Phi) is 5.38. The number of carbonyl (C=O) groups excluding carboxylic acids is 2. The molecule has 0 spiro atoms. The molecule has 1 heterocycles. The maximum absolute atomic E-state index is 12.1. The summed E-state index contributed by atoms with van der Waals surface area (Å²) in [5, 5.41) is 10.0. The number of benzene rings is 1. The number of aromatic amines is 1. The summed E-state index contributed by atoms with van der Waals surface area (Å²) in [5.41, 5.74) is 1.94. The average Bonchev–Trinajstić information content (AvgIpc) is 3.38. The molecule has 26 heavy (non-hydrogen) atoms. The minimum Gasteiger partial charge on any atom is -0.495 e. The first-order chi connectivity index (χ1) is 12.4. The summed E-state index contributed by atoms with van der Waals surface area (Å²) in [6.45, 7) is 1.32. The van der Waals surface area contributed by atoms with Crippen molar-refractivity contribution in [1.29, 1.82) is 0 Å². The molecule has 1 aromatic carbocycles. The summed E-state index contributed by atoms with van der Waals surface area (Å²) in [7, 11) is 1.47. The fourth-order valence-corrected chi connectivity index (χ4v) is 2.90. The number of halogens is 2. The van der Waals surface area contributed by atoms with E-state index in [1.165, 1.54) is 7.11 Å². The maximum Gasteiger partial charge on any atom is 0.360 e. The number of esters is 1. The molecule has 2 N–H and O–H groups in total. The molecular formula is C17H17Cl2N3O4. The van der Waals surface area contributed by atoms with E-state index in [-0.39, 0.29) is 10.7 Å². The van der Waals surface area contributed by atoms with Crippen LogP contribution >= 0.6 is 23.2 Å². The van der Waals surface area contributed by atoms with Gasteiger partial charge in [0.25, 0.3) is 5.91 Å². The fourth-order valence-electron chi connectivity index (χ4n) is 2.44. The van der Waals surface area contributed by atoms with Crippen molar-refractivity contribution in [2.45, 2.75) is 25.7 Å². The van der Waals surface area contributed by atoms with E-state index >= 15 is 0 Å². The van der Waals surface area contributed by atoms with Gasteiger partial charge in [0, 0.05) is 17.0 Å². The Morgan fingerprint density at radius 1 is 1.35 bits per heavy atom. The number of carbonyl (C=O) groups is 2. The zero-order valence-electron chi connectivity index (χ0n) is 14.2. The summed E-state index contributed by atoms with van der Waals surface area (Å²) >= 11 is 12.2. The molecule has 1 saturated carbocycles. The predicted molar refractivity (Wildman–Crippen MR) is 97.2 cm³/mol. The van der Waals surface area contributed by atoms with Crippen LogP contribution in [0.5, 0.6) is 5.75 Å². The lowest BCUT2D eigenvalue weighted by atomic mass is 10.2. The highest BCUT2D eigenvalue weighted by Gasteiger charge is 2.31. The standard InChI is InChI=1S/C17H17Cl2N3O4/c1-8-5-11(12(25-2)6-10(8)18)20-13(23)7-26-17(24)16-14(19)15(21-22-16)9-3-4-9/h5-6,9H,3-4,7H2,1-2H3,(H,20,23)(H,21,22). The zero-order valence-corrected chi connectivity index (χ0v) is 15.7. The van der Waals surface area contributed by atoms with Gasteiger partial charge in [-0.1, -0.05) is 23.2 Å². The Morgan fingerprint density at radius 3 is 2.73 bits per heavy atom. The van der Waals surface area contributed by atoms with Crippen LogP contribution in [0.4, 0.5) is 5.69 Å². The van der Waals surface area contributed by atoms with Crippen LogP contribution in [0.15, 0.2) is 12.1 Å². The second kappa shape index (κ2) is 7.55. The lowest BCUT2D eigenvalue weighted by molar-refractivity contribution is -0.119. The Labute approximate surface area is 160 Å². The number of nitrogens with one attached hydrogen (secondary N) is 2. The van der Waals surface area contributed by atoms with E-state index in [9.17, 15) is 9.59 Å². The van der Waals surface area contributed by atoms with E-state index in [2.05, 4.69) is 15.5 Å². The molecule has 3 rings (SSSR count). The molecule has 0 radical (unpaired) electrons. The van der Waals surface area contributed by atoms with E-state index in [0.29, 0.717) is 22.4 Å². The molecule has 0 bridgehead atoms. The number of ether oxygens (including phenoxy) is 2. The molecule has 1 aliphatic rings. The number of amides is 1. The van der Waals surface area contributed by atoms with E-state index in [4.69, 9.17) is 32.7 Å². The van der Waals surface area contributed by atoms with Gasteiger partial charge in [0.05, 0.1) is 23.5 Å². The molecule has 1 aliphatic carbocycles. The van der Waals surface area contributed by atoms with Crippen LogP contribution in [0, 0.1) is 6.92 Å². The van der Waals surface area contributed by atoms with E-state index in [0.717, 1.165) is 24.1 Å². The summed E-state index contributed by atoms with van der Waals surface area (Å²) in [5.74, 6) is -0.551. The van der Waals surface area contributed by atoms with Gasteiger partial charge in [0.2, 0.25) is 0 Å². The molecule has 1 fully saturated rings. The number of anilines is 1. The number of hydrogen-bond donors (Lipinski definition) is 2. The van der Waals surface area contributed by atoms with Crippen molar-refractivity contribution >= 4 is 40.8 Å². The monoisotopic (exact) mass is 397 g/mol. The van der Waals surface area contributed by atoms with Crippen molar-refractivity contribution in [1.82, 2.24) is 10.2 Å². The second-order valence-corrected chi connectivity index (χ2v) is 6.79. The van der Waals surface area contributed by atoms with Gasteiger partial charge in [-0.05, 0) is 31.4 Å². The van der Waals surface area contributed by atoms with Gasteiger partial charge in [0.1, 0.15) is 5.75 Å². The number of methoxy groups -OCH3 is 1. The highest BCUT2D eigenvalue weighted by Crippen LogP contribution is 2.42. The van der Waals surface area contributed by atoms with Crippen LogP contribution in [0.25, 0.3) is 0 Å². The third kappa shape index (κ3) is 3.94. The molecule has 9 heteroatoms. The molecule has 0 atom stereocenters. The third-order valence-corrected chi connectivity index (χ3v) is 4.79. The Morgan fingerprint density at radius 2 is 2.08 bits per heavy atom. The van der Waals surface area contributed by atoms with Crippen LogP contribution in [-0.4, -0.2) is 35.8 Å². The van der Waals surface area contributed by atoms with Gasteiger partial charge >= 0.3 is 5.97 Å². The minimum atomic E-state index is -0.757. The second-order valence-electron chi connectivity index (χ2n) is 6.00. The molecule has 1 amide bonds. The van der Waals surface area contributed by atoms with Gasteiger partial charge in [-0.25, -0.2) is 4.79 Å². The molecular weight excluding hydrogens is 381 g/mol. The van der Waals surface area contributed by atoms with Crippen LogP contribution < -0.4 is 10.1 Å². The first kappa shape index (κ1) is 18.5. The third-order valence-electron chi connectivity index (χ3n) is 4.00. The highest BCUT2D eigenvalue weighted by atomic mass is 35.5. The number of rotatable bonds is 6. The Hall–Kier alpha value is -2.25. The Bertz CT molecular complexity index is 862.